The molecule has 17 heavy (non-hydrogen) atoms. The molecule has 1 unspecified atom stereocenters. The van der Waals surface area contributed by atoms with Gasteiger partial charge >= 0.3 is 6.09 Å². The molecule has 1 fully saturated rings. The van der Waals surface area contributed by atoms with Crippen molar-refractivity contribution >= 4 is 6.09 Å². The molecule has 1 amide bonds. The van der Waals surface area contributed by atoms with E-state index >= 15 is 0 Å². The van der Waals surface area contributed by atoms with Crippen molar-refractivity contribution in [2.45, 2.75) is 59.1 Å². The van der Waals surface area contributed by atoms with Gasteiger partial charge in [-0.1, -0.05) is 13.8 Å². The highest BCUT2D eigenvalue weighted by Gasteiger charge is 2.37. The van der Waals surface area contributed by atoms with Crippen molar-refractivity contribution in [1.82, 2.24) is 4.90 Å². The third-order valence-electron chi connectivity index (χ3n) is 3.10. The van der Waals surface area contributed by atoms with E-state index in [2.05, 4.69) is 13.8 Å². The highest BCUT2D eigenvalue weighted by atomic mass is 16.6. The van der Waals surface area contributed by atoms with Crippen LogP contribution in [0.3, 0.4) is 0 Å². The van der Waals surface area contributed by atoms with Crippen LogP contribution in [0.25, 0.3) is 0 Å². The first kappa shape index (κ1) is 14.3. The van der Waals surface area contributed by atoms with Gasteiger partial charge in [-0.2, -0.15) is 0 Å². The Kier molecular flexibility index (Phi) is 4.07. The first-order valence-electron chi connectivity index (χ1n) is 6.25. The molecule has 1 aliphatic heterocycles. The van der Waals surface area contributed by atoms with Crippen LogP contribution in [-0.2, 0) is 4.74 Å². The van der Waals surface area contributed by atoms with Gasteiger partial charge in [0.25, 0.3) is 0 Å². The van der Waals surface area contributed by atoms with Crippen LogP contribution in [0.15, 0.2) is 0 Å². The quantitative estimate of drug-likeness (QED) is 0.769. The van der Waals surface area contributed by atoms with Crippen molar-refractivity contribution in [3.8, 4) is 0 Å². The number of hydrogen-bond donors (Lipinski definition) is 1. The van der Waals surface area contributed by atoms with E-state index in [1.54, 1.807) is 4.90 Å². The molecule has 4 heteroatoms. The molecule has 0 aromatic rings. The van der Waals surface area contributed by atoms with Crippen LogP contribution < -0.4 is 0 Å². The van der Waals surface area contributed by atoms with Gasteiger partial charge in [0.2, 0.25) is 0 Å². The van der Waals surface area contributed by atoms with Gasteiger partial charge in [-0.15, -0.1) is 0 Å². The van der Waals surface area contributed by atoms with Crippen molar-refractivity contribution in [3.05, 3.63) is 0 Å². The van der Waals surface area contributed by atoms with Crippen LogP contribution in [0.1, 0.15) is 47.5 Å². The van der Waals surface area contributed by atoms with E-state index in [9.17, 15) is 9.90 Å². The number of aliphatic hydroxyl groups is 1. The fourth-order valence-electron chi connectivity index (χ4n) is 2.18. The summed E-state index contributed by atoms with van der Waals surface area (Å²) in [5.74, 6) is 0. The Labute approximate surface area is 104 Å². The number of rotatable bonds is 1. The summed E-state index contributed by atoms with van der Waals surface area (Å²) < 4.78 is 5.35. The van der Waals surface area contributed by atoms with Crippen LogP contribution in [0.2, 0.25) is 0 Å². The second kappa shape index (κ2) is 4.84. The molecule has 0 aromatic heterocycles. The Morgan fingerprint density at radius 2 is 2.06 bits per heavy atom. The maximum atomic E-state index is 12.0. The van der Waals surface area contributed by atoms with Crippen LogP contribution in [0.4, 0.5) is 4.79 Å². The molecule has 0 radical (unpaired) electrons. The SMILES string of the molecule is CC1(C)CCN(C(=O)OC(C)(C)C)C(CO)C1. The lowest BCUT2D eigenvalue weighted by atomic mass is 9.79. The molecule has 0 bridgehead atoms. The van der Waals surface area contributed by atoms with Crippen LogP contribution in [0, 0.1) is 5.41 Å². The Morgan fingerprint density at radius 3 is 2.53 bits per heavy atom. The van der Waals surface area contributed by atoms with E-state index in [4.69, 9.17) is 4.74 Å². The fraction of sp³-hybridized carbons (Fsp3) is 0.923. The highest BCUT2D eigenvalue weighted by Crippen LogP contribution is 2.34. The van der Waals surface area contributed by atoms with Gasteiger partial charge in [-0.05, 0) is 39.0 Å². The van der Waals surface area contributed by atoms with Crippen molar-refractivity contribution in [2.75, 3.05) is 13.2 Å². The van der Waals surface area contributed by atoms with Crippen LogP contribution in [0.5, 0.6) is 0 Å². The number of nitrogens with zero attached hydrogens (tertiary/aromatic N) is 1. The zero-order valence-corrected chi connectivity index (χ0v) is 11.6. The van der Waals surface area contributed by atoms with E-state index in [1.807, 2.05) is 20.8 Å². The van der Waals surface area contributed by atoms with Gasteiger partial charge in [0.05, 0.1) is 12.6 Å². The third-order valence-corrected chi connectivity index (χ3v) is 3.10. The Bertz CT molecular complexity index is 281. The van der Waals surface area contributed by atoms with E-state index < -0.39 is 5.60 Å². The monoisotopic (exact) mass is 243 g/mol. The predicted molar refractivity (Wildman–Crippen MR) is 66.8 cm³/mol. The summed E-state index contributed by atoms with van der Waals surface area (Å²) in [6.07, 6.45) is 1.46. The number of amides is 1. The molecule has 4 nitrogen and oxygen atoms in total. The smallest absolute Gasteiger partial charge is 0.410 e. The normalized spacial score (nSPS) is 24.6. The molecule has 1 N–H and O–H groups in total. The molecule has 1 aliphatic rings. The van der Waals surface area contributed by atoms with Crippen molar-refractivity contribution in [2.24, 2.45) is 5.41 Å². The Balaban J connectivity index is 2.67. The van der Waals surface area contributed by atoms with Crippen molar-refractivity contribution in [1.29, 1.82) is 0 Å². The molecule has 0 aromatic carbocycles. The second-order valence-electron chi connectivity index (χ2n) is 6.63. The van der Waals surface area contributed by atoms with Gasteiger partial charge < -0.3 is 14.7 Å². The minimum Gasteiger partial charge on any atom is -0.444 e. The largest absolute Gasteiger partial charge is 0.444 e. The number of aliphatic hydroxyl groups excluding tert-OH is 1. The topological polar surface area (TPSA) is 49.8 Å². The minimum atomic E-state index is -0.482. The number of carbonyl (C=O) groups is 1. The lowest BCUT2D eigenvalue weighted by Crippen LogP contribution is -2.51. The summed E-state index contributed by atoms with van der Waals surface area (Å²) in [6.45, 7) is 10.6. The number of piperidine rings is 1. The van der Waals surface area contributed by atoms with E-state index in [0.717, 1.165) is 12.8 Å². The van der Waals surface area contributed by atoms with E-state index in [0.29, 0.717) is 6.54 Å². The molecule has 0 spiro atoms. The summed E-state index contributed by atoms with van der Waals surface area (Å²) in [7, 11) is 0. The van der Waals surface area contributed by atoms with Crippen LogP contribution >= 0.6 is 0 Å². The summed E-state index contributed by atoms with van der Waals surface area (Å²) in [6, 6.07) is -0.117. The zero-order valence-electron chi connectivity index (χ0n) is 11.6. The summed E-state index contributed by atoms with van der Waals surface area (Å²) in [4.78, 5) is 13.6. The second-order valence-corrected chi connectivity index (χ2v) is 6.63. The zero-order chi connectivity index (χ0) is 13.3. The third kappa shape index (κ3) is 4.19. The van der Waals surface area contributed by atoms with Gasteiger partial charge in [-0.3, -0.25) is 0 Å². The molecule has 1 rings (SSSR count). The fourth-order valence-corrected chi connectivity index (χ4v) is 2.18. The summed E-state index contributed by atoms with van der Waals surface area (Å²) in [5, 5.41) is 9.39. The average molecular weight is 243 g/mol. The summed E-state index contributed by atoms with van der Waals surface area (Å²) >= 11 is 0. The Hall–Kier alpha value is -0.770. The summed E-state index contributed by atoms with van der Waals surface area (Å²) in [5.41, 5.74) is -0.296. The minimum absolute atomic E-state index is 0.00265. The van der Waals surface area contributed by atoms with Crippen molar-refractivity contribution in [3.63, 3.8) is 0 Å². The highest BCUT2D eigenvalue weighted by molar-refractivity contribution is 5.68. The van der Waals surface area contributed by atoms with Gasteiger partial charge in [0.15, 0.2) is 0 Å². The molecule has 1 heterocycles. The van der Waals surface area contributed by atoms with E-state index in [1.165, 1.54) is 0 Å². The maximum absolute atomic E-state index is 12.0. The number of ether oxygens (including phenoxy) is 1. The van der Waals surface area contributed by atoms with Gasteiger partial charge in [-0.25, -0.2) is 4.79 Å². The first-order valence-corrected chi connectivity index (χ1v) is 6.25. The lowest BCUT2D eigenvalue weighted by molar-refractivity contribution is -0.0140. The number of hydrogen-bond acceptors (Lipinski definition) is 3. The maximum Gasteiger partial charge on any atom is 0.410 e. The predicted octanol–water partition coefficient (Wildman–Crippen LogP) is 2.40. The average Bonchev–Trinajstić information content (AvgIpc) is 2.13. The van der Waals surface area contributed by atoms with Crippen LogP contribution in [-0.4, -0.2) is 40.9 Å². The molecule has 0 saturated carbocycles. The van der Waals surface area contributed by atoms with Gasteiger partial charge in [0.1, 0.15) is 5.60 Å². The molecular formula is C13H25NO3. The standard InChI is InChI=1S/C13H25NO3/c1-12(2,3)17-11(16)14-7-6-13(4,5)8-10(14)9-15/h10,15H,6-9H2,1-5H3. The lowest BCUT2D eigenvalue weighted by Gasteiger charge is -2.42. The molecule has 0 aliphatic carbocycles. The number of likely N-dealkylation sites (tertiary alicyclic amines) is 1. The van der Waals surface area contributed by atoms with E-state index in [-0.39, 0.29) is 24.2 Å². The van der Waals surface area contributed by atoms with Gasteiger partial charge in [0, 0.05) is 6.54 Å². The molecular weight excluding hydrogens is 218 g/mol. The van der Waals surface area contributed by atoms with Crippen molar-refractivity contribution < 1.29 is 14.6 Å². The molecule has 1 saturated heterocycles. The Morgan fingerprint density at radius 1 is 1.47 bits per heavy atom. The molecule has 1 atom stereocenters. The molecule has 100 valence electrons. The first-order chi connectivity index (χ1) is 7.64. The number of carbonyl (C=O) groups excluding carboxylic acids is 1.